The van der Waals surface area contributed by atoms with Gasteiger partial charge in [-0.1, -0.05) is 6.92 Å². The van der Waals surface area contributed by atoms with Gasteiger partial charge in [-0.2, -0.15) is 0 Å². The first-order chi connectivity index (χ1) is 13.0. The van der Waals surface area contributed by atoms with Gasteiger partial charge in [0.2, 0.25) is 11.7 Å². The smallest absolute Gasteiger partial charge is 0.254 e. The number of likely N-dealkylation sites (tertiary alicyclic amines) is 1. The molecule has 2 rings (SSSR count). The molecule has 0 aliphatic carbocycles. The second-order valence-corrected chi connectivity index (χ2v) is 6.70. The van der Waals surface area contributed by atoms with Gasteiger partial charge in [0.1, 0.15) is 0 Å². The number of nitrogens with one attached hydrogen (secondary N) is 1. The first-order valence-electron chi connectivity index (χ1n) is 9.40. The average molecular weight is 378 g/mol. The fourth-order valence-corrected chi connectivity index (χ4v) is 3.33. The molecule has 0 bridgehead atoms. The quantitative estimate of drug-likeness (QED) is 0.752. The summed E-state index contributed by atoms with van der Waals surface area (Å²) < 4.78 is 16.0. The van der Waals surface area contributed by atoms with Crippen LogP contribution in [0, 0.1) is 5.92 Å². The van der Waals surface area contributed by atoms with Crippen molar-refractivity contribution in [1.82, 2.24) is 10.2 Å². The van der Waals surface area contributed by atoms with E-state index in [0.29, 0.717) is 48.2 Å². The van der Waals surface area contributed by atoms with E-state index in [0.717, 1.165) is 25.8 Å². The molecule has 0 aromatic heterocycles. The predicted molar refractivity (Wildman–Crippen MR) is 103 cm³/mol. The van der Waals surface area contributed by atoms with Gasteiger partial charge < -0.3 is 24.4 Å². The van der Waals surface area contributed by atoms with Crippen molar-refractivity contribution in [3.05, 3.63) is 17.7 Å². The number of piperidine rings is 1. The van der Waals surface area contributed by atoms with Crippen LogP contribution in [0.1, 0.15) is 43.0 Å². The molecule has 1 aliphatic heterocycles. The van der Waals surface area contributed by atoms with Gasteiger partial charge in [-0.3, -0.25) is 9.59 Å². The number of methoxy groups -OCH3 is 3. The van der Waals surface area contributed by atoms with Gasteiger partial charge in [-0.25, -0.2) is 0 Å². The number of rotatable bonds is 8. The molecule has 150 valence electrons. The number of ether oxygens (including phenoxy) is 3. The van der Waals surface area contributed by atoms with Gasteiger partial charge in [-0.05, 0) is 37.3 Å². The van der Waals surface area contributed by atoms with E-state index < -0.39 is 0 Å². The lowest BCUT2D eigenvalue weighted by Gasteiger charge is -2.32. The third-order valence-corrected chi connectivity index (χ3v) is 4.86. The van der Waals surface area contributed by atoms with Crippen LogP contribution in [0.25, 0.3) is 0 Å². The summed E-state index contributed by atoms with van der Waals surface area (Å²) in [7, 11) is 4.59. The molecule has 0 saturated carbocycles. The highest BCUT2D eigenvalue weighted by atomic mass is 16.5. The normalized spacial score (nSPS) is 14.6. The molecule has 1 aromatic rings. The first-order valence-corrected chi connectivity index (χ1v) is 9.40. The van der Waals surface area contributed by atoms with E-state index in [1.807, 2.05) is 11.8 Å². The van der Waals surface area contributed by atoms with Crippen molar-refractivity contribution in [3.8, 4) is 17.2 Å². The lowest BCUT2D eigenvalue weighted by molar-refractivity contribution is -0.122. The van der Waals surface area contributed by atoms with Crippen molar-refractivity contribution in [3.63, 3.8) is 0 Å². The van der Waals surface area contributed by atoms with Crippen LogP contribution in [0.3, 0.4) is 0 Å². The van der Waals surface area contributed by atoms with Crippen LogP contribution in [0.2, 0.25) is 0 Å². The summed E-state index contributed by atoms with van der Waals surface area (Å²) in [6, 6.07) is 3.35. The van der Waals surface area contributed by atoms with E-state index in [4.69, 9.17) is 14.2 Å². The number of hydrogen-bond donors (Lipinski definition) is 1. The Labute approximate surface area is 161 Å². The number of amides is 2. The van der Waals surface area contributed by atoms with Gasteiger partial charge in [0.05, 0.1) is 21.3 Å². The SMILES string of the molecule is CCCNC(=O)CC1CCN(C(=O)c2cc(OC)c(OC)c(OC)c2)CC1. The summed E-state index contributed by atoms with van der Waals surface area (Å²) in [5.74, 6) is 1.75. The number of carbonyl (C=O) groups excluding carboxylic acids is 2. The van der Waals surface area contributed by atoms with Gasteiger partial charge in [0.15, 0.2) is 11.5 Å². The van der Waals surface area contributed by atoms with Gasteiger partial charge in [0, 0.05) is 31.6 Å². The number of carbonyl (C=O) groups is 2. The molecule has 1 saturated heterocycles. The number of nitrogens with zero attached hydrogens (tertiary/aromatic N) is 1. The standard InChI is InChI=1S/C20H30N2O5/c1-5-8-21-18(23)11-14-6-9-22(10-7-14)20(24)15-12-16(25-2)19(27-4)17(13-15)26-3/h12-14H,5-11H2,1-4H3,(H,21,23). The van der Waals surface area contributed by atoms with Crippen molar-refractivity contribution in [1.29, 1.82) is 0 Å². The van der Waals surface area contributed by atoms with E-state index in [1.165, 1.54) is 21.3 Å². The third-order valence-electron chi connectivity index (χ3n) is 4.86. The fourth-order valence-electron chi connectivity index (χ4n) is 3.33. The monoisotopic (exact) mass is 378 g/mol. The van der Waals surface area contributed by atoms with Gasteiger partial charge in [-0.15, -0.1) is 0 Å². The lowest BCUT2D eigenvalue weighted by Crippen LogP contribution is -2.39. The summed E-state index contributed by atoms with van der Waals surface area (Å²) >= 11 is 0. The Bertz CT molecular complexity index is 629. The minimum absolute atomic E-state index is 0.0665. The van der Waals surface area contributed by atoms with E-state index >= 15 is 0 Å². The highest BCUT2D eigenvalue weighted by molar-refractivity contribution is 5.95. The van der Waals surface area contributed by atoms with Crippen molar-refractivity contribution in [2.45, 2.75) is 32.6 Å². The Morgan fingerprint density at radius 1 is 1.07 bits per heavy atom. The summed E-state index contributed by atoms with van der Waals surface area (Å²) in [5.41, 5.74) is 0.503. The molecule has 0 unspecified atom stereocenters. The van der Waals surface area contributed by atoms with Gasteiger partial charge >= 0.3 is 0 Å². The summed E-state index contributed by atoms with van der Waals surface area (Å²) in [6.07, 6.45) is 3.13. The summed E-state index contributed by atoms with van der Waals surface area (Å²) in [4.78, 5) is 26.6. The molecule has 1 fully saturated rings. The molecule has 0 radical (unpaired) electrons. The molecule has 7 heteroatoms. The summed E-state index contributed by atoms with van der Waals surface area (Å²) in [6.45, 7) is 4.03. The topological polar surface area (TPSA) is 77.1 Å². The third kappa shape index (κ3) is 5.28. The Balaban J connectivity index is 2.00. The second kappa shape index (κ2) is 10.0. The van der Waals surface area contributed by atoms with Crippen LogP contribution in [0.4, 0.5) is 0 Å². The van der Waals surface area contributed by atoms with Crippen molar-refractivity contribution in [2.75, 3.05) is 41.0 Å². The van der Waals surface area contributed by atoms with Crippen LogP contribution in [-0.4, -0.2) is 57.7 Å². The zero-order valence-electron chi connectivity index (χ0n) is 16.7. The number of hydrogen-bond acceptors (Lipinski definition) is 5. The first kappa shape index (κ1) is 20.9. The van der Waals surface area contributed by atoms with E-state index in [-0.39, 0.29) is 11.8 Å². The molecule has 1 aliphatic rings. The zero-order chi connectivity index (χ0) is 19.8. The van der Waals surface area contributed by atoms with Crippen LogP contribution in [-0.2, 0) is 4.79 Å². The summed E-state index contributed by atoms with van der Waals surface area (Å²) in [5, 5.41) is 2.92. The average Bonchev–Trinajstić information content (AvgIpc) is 2.71. The fraction of sp³-hybridized carbons (Fsp3) is 0.600. The second-order valence-electron chi connectivity index (χ2n) is 6.70. The molecule has 2 amide bonds. The highest BCUT2D eigenvalue weighted by Gasteiger charge is 2.26. The maximum Gasteiger partial charge on any atom is 0.254 e. The molecule has 0 spiro atoms. The molecule has 0 atom stereocenters. The van der Waals surface area contributed by atoms with E-state index in [9.17, 15) is 9.59 Å². The largest absolute Gasteiger partial charge is 0.493 e. The van der Waals surface area contributed by atoms with Crippen LogP contribution in [0.5, 0.6) is 17.2 Å². The van der Waals surface area contributed by atoms with Crippen LogP contribution >= 0.6 is 0 Å². The maximum atomic E-state index is 12.9. The van der Waals surface area contributed by atoms with Gasteiger partial charge in [0.25, 0.3) is 5.91 Å². The molecule has 1 N–H and O–H groups in total. The Morgan fingerprint density at radius 3 is 2.15 bits per heavy atom. The van der Waals surface area contributed by atoms with E-state index in [1.54, 1.807) is 12.1 Å². The zero-order valence-corrected chi connectivity index (χ0v) is 16.7. The molecule has 27 heavy (non-hydrogen) atoms. The van der Waals surface area contributed by atoms with Crippen molar-refractivity contribution >= 4 is 11.8 Å². The minimum atomic E-state index is -0.0665. The lowest BCUT2D eigenvalue weighted by atomic mass is 9.92. The van der Waals surface area contributed by atoms with Crippen LogP contribution in [0.15, 0.2) is 12.1 Å². The molecule has 1 aromatic carbocycles. The van der Waals surface area contributed by atoms with E-state index in [2.05, 4.69) is 5.32 Å². The van der Waals surface area contributed by atoms with Crippen LogP contribution < -0.4 is 19.5 Å². The highest BCUT2D eigenvalue weighted by Crippen LogP contribution is 2.38. The molecular formula is C20H30N2O5. The maximum absolute atomic E-state index is 12.9. The Morgan fingerprint density at radius 2 is 1.67 bits per heavy atom. The molecule has 1 heterocycles. The van der Waals surface area contributed by atoms with Crippen molar-refractivity contribution < 1.29 is 23.8 Å². The Kier molecular flexibility index (Phi) is 7.76. The predicted octanol–water partition coefficient (Wildman–Crippen LogP) is 2.48. The number of benzene rings is 1. The van der Waals surface area contributed by atoms with Crippen molar-refractivity contribution in [2.24, 2.45) is 5.92 Å². The minimum Gasteiger partial charge on any atom is -0.493 e. The molecule has 7 nitrogen and oxygen atoms in total. The Hall–Kier alpha value is -2.44. The molecular weight excluding hydrogens is 348 g/mol.